The molecule has 2 N–H and O–H groups in total. The molecule has 2 aromatic rings. The largest absolute Gasteiger partial charge is 0.489 e. The fourth-order valence-corrected chi connectivity index (χ4v) is 2.63. The van der Waals surface area contributed by atoms with E-state index in [0.717, 1.165) is 12.8 Å². The van der Waals surface area contributed by atoms with E-state index >= 15 is 0 Å². The molecule has 106 valence electrons. The van der Waals surface area contributed by atoms with Crippen molar-refractivity contribution >= 4 is 0 Å². The minimum absolute atomic E-state index is 0.103. The summed E-state index contributed by atoms with van der Waals surface area (Å²) in [4.78, 5) is 0. The molecule has 0 aliphatic heterocycles. The molecule has 0 saturated carbocycles. The topological polar surface area (TPSA) is 59.0 Å². The summed E-state index contributed by atoms with van der Waals surface area (Å²) in [7, 11) is 0. The van der Waals surface area contributed by atoms with Gasteiger partial charge in [-0.1, -0.05) is 6.07 Å². The number of halogens is 1. The third kappa shape index (κ3) is 2.74. The zero-order chi connectivity index (χ0) is 14.8. The van der Waals surface area contributed by atoms with E-state index in [1.165, 1.54) is 29.3 Å². The zero-order valence-electron chi connectivity index (χ0n) is 11.5. The third-order valence-corrected chi connectivity index (χ3v) is 3.81. The van der Waals surface area contributed by atoms with E-state index in [2.05, 4.69) is 0 Å². The molecule has 0 heterocycles. The minimum Gasteiger partial charge on any atom is -0.489 e. The summed E-state index contributed by atoms with van der Waals surface area (Å²) in [5.74, 6) is 0.335. The number of nitrogens with two attached hydrogens (primary N) is 1. The first-order valence-electron chi connectivity index (χ1n) is 6.87. The normalized spacial score (nSPS) is 16.3. The van der Waals surface area contributed by atoms with Gasteiger partial charge >= 0.3 is 0 Å². The quantitative estimate of drug-likeness (QED) is 0.940. The summed E-state index contributed by atoms with van der Waals surface area (Å²) < 4.78 is 19.3. The van der Waals surface area contributed by atoms with Gasteiger partial charge in [0.25, 0.3) is 0 Å². The first-order valence-corrected chi connectivity index (χ1v) is 6.87. The van der Waals surface area contributed by atoms with Crippen molar-refractivity contribution in [3.63, 3.8) is 0 Å². The molecule has 21 heavy (non-hydrogen) atoms. The Morgan fingerprint density at radius 3 is 2.95 bits per heavy atom. The van der Waals surface area contributed by atoms with Crippen LogP contribution in [0, 0.1) is 17.1 Å². The lowest BCUT2D eigenvalue weighted by atomic mass is 10.1. The van der Waals surface area contributed by atoms with Gasteiger partial charge < -0.3 is 10.5 Å². The van der Waals surface area contributed by atoms with E-state index < -0.39 is 0 Å². The van der Waals surface area contributed by atoms with Crippen molar-refractivity contribution in [3.05, 3.63) is 64.5 Å². The summed E-state index contributed by atoms with van der Waals surface area (Å²) in [6, 6.07) is 12.2. The summed E-state index contributed by atoms with van der Waals surface area (Å²) in [6.07, 6.45) is 1.91. The number of nitrogens with zero attached hydrogens (tertiary/aromatic N) is 1. The molecule has 0 amide bonds. The van der Waals surface area contributed by atoms with Crippen molar-refractivity contribution in [1.29, 1.82) is 5.26 Å². The molecule has 3 rings (SSSR count). The number of ether oxygens (including phenoxy) is 1. The van der Waals surface area contributed by atoms with Crippen molar-refractivity contribution in [3.8, 4) is 11.8 Å². The van der Waals surface area contributed by atoms with Crippen molar-refractivity contribution in [1.82, 2.24) is 0 Å². The molecule has 1 aliphatic carbocycles. The van der Waals surface area contributed by atoms with Gasteiger partial charge in [0.2, 0.25) is 0 Å². The van der Waals surface area contributed by atoms with Crippen LogP contribution in [0.2, 0.25) is 0 Å². The van der Waals surface area contributed by atoms with Gasteiger partial charge in [0, 0.05) is 11.6 Å². The number of aryl methyl sites for hydroxylation is 1. The van der Waals surface area contributed by atoms with E-state index in [1.807, 2.05) is 24.3 Å². The van der Waals surface area contributed by atoms with E-state index in [4.69, 9.17) is 15.7 Å². The predicted molar refractivity (Wildman–Crippen MR) is 77.1 cm³/mol. The van der Waals surface area contributed by atoms with Gasteiger partial charge in [0.05, 0.1) is 11.6 Å². The van der Waals surface area contributed by atoms with Crippen LogP contribution in [0.1, 0.15) is 34.7 Å². The second-order valence-electron chi connectivity index (χ2n) is 5.21. The monoisotopic (exact) mass is 282 g/mol. The Kier molecular flexibility index (Phi) is 3.59. The Bertz CT molecular complexity index is 721. The van der Waals surface area contributed by atoms with E-state index in [0.29, 0.717) is 16.9 Å². The van der Waals surface area contributed by atoms with E-state index in [1.54, 1.807) is 0 Å². The van der Waals surface area contributed by atoms with Gasteiger partial charge in [-0.3, -0.25) is 0 Å². The van der Waals surface area contributed by atoms with E-state index in [-0.39, 0.29) is 18.5 Å². The number of fused-ring (bicyclic) bond motifs is 1. The highest BCUT2D eigenvalue weighted by Crippen LogP contribution is 2.32. The Morgan fingerprint density at radius 2 is 2.14 bits per heavy atom. The number of hydrogen-bond acceptors (Lipinski definition) is 3. The molecule has 1 aliphatic rings. The molecule has 0 fully saturated rings. The maximum atomic E-state index is 13.7. The Hall–Kier alpha value is -2.38. The maximum Gasteiger partial charge on any atom is 0.129 e. The Labute approximate surface area is 122 Å². The average Bonchev–Trinajstić information content (AvgIpc) is 2.87. The van der Waals surface area contributed by atoms with Crippen molar-refractivity contribution < 1.29 is 9.13 Å². The molecule has 1 atom stereocenters. The molecule has 0 spiro atoms. The summed E-state index contributed by atoms with van der Waals surface area (Å²) in [5, 5.41) is 8.84. The van der Waals surface area contributed by atoms with Crippen LogP contribution in [0.5, 0.6) is 5.75 Å². The summed E-state index contributed by atoms with van der Waals surface area (Å²) in [5.41, 5.74) is 9.17. The van der Waals surface area contributed by atoms with Gasteiger partial charge in [-0.2, -0.15) is 5.26 Å². The fraction of sp³-hybridized carbons (Fsp3) is 0.235. The molecule has 0 saturated heterocycles. The summed E-state index contributed by atoms with van der Waals surface area (Å²) >= 11 is 0. The zero-order valence-corrected chi connectivity index (χ0v) is 11.5. The second kappa shape index (κ2) is 5.55. The first-order chi connectivity index (χ1) is 10.2. The minimum atomic E-state index is -0.364. The second-order valence-corrected chi connectivity index (χ2v) is 5.21. The lowest BCUT2D eigenvalue weighted by Gasteiger charge is -2.10. The van der Waals surface area contributed by atoms with Gasteiger partial charge in [-0.05, 0) is 54.3 Å². The molecule has 0 radical (unpaired) electrons. The third-order valence-electron chi connectivity index (χ3n) is 3.81. The molecule has 0 aromatic heterocycles. The highest BCUT2D eigenvalue weighted by atomic mass is 19.1. The summed E-state index contributed by atoms with van der Waals surface area (Å²) in [6.45, 7) is 0.103. The molecule has 0 bridgehead atoms. The van der Waals surface area contributed by atoms with Crippen LogP contribution in [0.4, 0.5) is 4.39 Å². The molecular formula is C17H15FN2O. The average molecular weight is 282 g/mol. The lowest BCUT2D eigenvalue weighted by molar-refractivity contribution is 0.299. The van der Waals surface area contributed by atoms with Crippen LogP contribution in [0.25, 0.3) is 0 Å². The van der Waals surface area contributed by atoms with Gasteiger partial charge in [0.15, 0.2) is 0 Å². The molecule has 0 unspecified atom stereocenters. The van der Waals surface area contributed by atoms with Crippen LogP contribution in [0.15, 0.2) is 36.4 Å². The number of nitriles is 1. The fourth-order valence-electron chi connectivity index (χ4n) is 2.63. The standard InChI is InChI=1S/C17H15FN2O/c18-16-5-1-11(9-19)7-13(16)10-21-14-3-4-15-12(8-14)2-6-17(15)20/h1,3-5,7-8,17H,2,6,10,20H2/t17-/m0/s1. The van der Waals surface area contributed by atoms with Crippen LogP contribution in [-0.4, -0.2) is 0 Å². The first kappa shape index (κ1) is 13.6. The van der Waals surface area contributed by atoms with E-state index in [9.17, 15) is 4.39 Å². The lowest BCUT2D eigenvalue weighted by Crippen LogP contribution is -2.05. The van der Waals surface area contributed by atoms with Crippen molar-refractivity contribution in [2.75, 3.05) is 0 Å². The Balaban J connectivity index is 1.75. The van der Waals surface area contributed by atoms with Crippen LogP contribution in [-0.2, 0) is 13.0 Å². The molecule has 3 nitrogen and oxygen atoms in total. The Morgan fingerprint density at radius 1 is 1.29 bits per heavy atom. The van der Waals surface area contributed by atoms with Gasteiger partial charge in [-0.25, -0.2) is 4.39 Å². The molecular weight excluding hydrogens is 267 g/mol. The predicted octanol–water partition coefficient (Wildman–Crippen LogP) is 3.22. The molecule has 4 heteroatoms. The number of benzene rings is 2. The number of rotatable bonds is 3. The van der Waals surface area contributed by atoms with Crippen molar-refractivity contribution in [2.24, 2.45) is 5.73 Å². The smallest absolute Gasteiger partial charge is 0.129 e. The molecule has 2 aromatic carbocycles. The van der Waals surface area contributed by atoms with Crippen LogP contribution < -0.4 is 10.5 Å². The SMILES string of the molecule is N#Cc1ccc(F)c(COc2ccc3c(c2)CC[C@@H]3N)c1. The highest BCUT2D eigenvalue weighted by Gasteiger charge is 2.19. The van der Waals surface area contributed by atoms with Gasteiger partial charge in [0.1, 0.15) is 18.2 Å². The highest BCUT2D eigenvalue weighted by molar-refractivity contribution is 5.40. The maximum absolute atomic E-state index is 13.7. The number of hydrogen-bond donors (Lipinski definition) is 1. The van der Waals surface area contributed by atoms with Crippen LogP contribution in [0.3, 0.4) is 0 Å². The van der Waals surface area contributed by atoms with Gasteiger partial charge in [-0.15, -0.1) is 0 Å². The van der Waals surface area contributed by atoms with Crippen molar-refractivity contribution in [2.45, 2.75) is 25.5 Å². The van der Waals surface area contributed by atoms with Crippen LogP contribution >= 0.6 is 0 Å².